The largest absolute Gasteiger partial charge is 0.493 e. The average molecular weight is 410 g/mol. The van der Waals surface area contributed by atoms with Gasteiger partial charge in [-0.05, 0) is 46.5 Å². The molecule has 0 aliphatic carbocycles. The van der Waals surface area contributed by atoms with E-state index in [0.29, 0.717) is 35.6 Å². The molecular formula is C18H24BrN3O3. The van der Waals surface area contributed by atoms with E-state index in [9.17, 15) is 4.79 Å². The van der Waals surface area contributed by atoms with Crippen LogP contribution in [0.1, 0.15) is 32.3 Å². The standard InChI is InChI=1S/C18H24BrN3O3/c1-4-8-22-18(23)17(19)14(12-21-22)20-11-13-6-7-15(24-3)16(10-13)25-9-5-2/h6-7,10,12,20H,4-5,8-9,11H2,1-3H3. The molecule has 0 aliphatic rings. The molecule has 1 heterocycles. The third kappa shape index (κ3) is 4.98. The van der Waals surface area contributed by atoms with Gasteiger partial charge in [-0.1, -0.05) is 19.9 Å². The van der Waals surface area contributed by atoms with Crippen molar-refractivity contribution in [3.8, 4) is 11.5 Å². The number of aryl methyl sites for hydroxylation is 1. The second-order valence-corrected chi connectivity index (χ2v) is 6.38. The Labute approximate surface area is 156 Å². The molecule has 0 atom stereocenters. The summed E-state index contributed by atoms with van der Waals surface area (Å²) in [5.41, 5.74) is 1.56. The second kappa shape index (κ2) is 9.46. The smallest absolute Gasteiger partial charge is 0.283 e. The summed E-state index contributed by atoms with van der Waals surface area (Å²) >= 11 is 3.37. The molecule has 7 heteroatoms. The molecule has 25 heavy (non-hydrogen) atoms. The van der Waals surface area contributed by atoms with E-state index in [-0.39, 0.29) is 5.56 Å². The Morgan fingerprint density at radius 3 is 2.72 bits per heavy atom. The maximum atomic E-state index is 12.2. The first-order chi connectivity index (χ1) is 12.1. The summed E-state index contributed by atoms with van der Waals surface area (Å²) in [5, 5.41) is 7.43. The molecule has 0 aliphatic heterocycles. The van der Waals surface area contributed by atoms with Gasteiger partial charge in [-0.3, -0.25) is 4.79 Å². The molecule has 136 valence electrons. The molecule has 1 aromatic heterocycles. The van der Waals surface area contributed by atoms with Crippen LogP contribution in [0.2, 0.25) is 0 Å². The number of aromatic nitrogens is 2. The lowest BCUT2D eigenvalue weighted by atomic mass is 10.2. The van der Waals surface area contributed by atoms with Gasteiger partial charge in [0.25, 0.3) is 5.56 Å². The van der Waals surface area contributed by atoms with Crippen molar-refractivity contribution in [3.63, 3.8) is 0 Å². The van der Waals surface area contributed by atoms with Crippen LogP contribution in [0.15, 0.2) is 33.7 Å². The number of benzene rings is 1. The molecule has 0 radical (unpaired) electrons. The highest BCUT2D eigenvalue weighted by atomic mass is 79.9. The van der Waals surface area contributed by atoms with Crippen LogP contribution in [0.25, 0.3) is 0 Å². The predicted molar refractivity (Wildman–Crippen MR) is 103 cm³/mol. The molecule has 1 aromatic carbocycles. The van der Waals surface area contributed by atoms with Gasteiger partial charge in [0.05, 0.1) is 25.6 Å². The molecule has 0 spiro atoms. The normalized spacial score (nSPS) is 10.6. The lowest BCUT2D eigenvalue weighted by Gasteiger charge is -2.13. The Morgan fingerprint density at radius 1 is 1.24 bits per heavy atom. The van der Waals surface area contributed by atoms with E-state index in [0.717, 1.165) is 24.2 Å². The number of methoxy groups -OCH3 is 1. The van der Waals surface area contributed by atoms with E-state index in [4.69, 9.17) is 9.47 Å². The second-order valence-electron chi connectivity index (χ2n) is 5.59. The number of halogens is 1. The van der Waals surface area contributed by atoms with Gasteiger partial charge in [-0.15, -0.1) is 0 Å². The van der Waals surface area contributed by atoms with Crippen LogP contribution >= 0.6 is 15.9 Å². The van der Waals surface area contributed by atoms with Crippen molar-refractivity contribution in [2.45, 2.75) is 39.8 Å². The van der Waals surface area contributed by atoms with Gasteiger partial charge in [-0.2, -0.15) is 5.10 Å². The van der Waals surface area contributed by atoms with Gasteiger partial charge in [0, 0.05) is 13.1 Å². The van der Waals surface area contributed by atoms with Crippen molar-refractivity contribution < 1.29 is 9.47 Å². The van der Waals surface area contributed by atoms with Crippen molar-refractivity contribution in [1.29, 1.82) is 0 Å². The minimum absolute atomic E-state index is 0.131. The maximum absolute atomic E-state index is 12.2. The van der Waals surface area contributed by atoms with Crippen LogP contribution in [0, 0.1) is 0 Å². The highest BCUT2D eigenvalue weighted by molar-refractivity contribution is 9.10. The molecule has 6 nitrogen and oxygen atoms in total. The van der Waals surface area contributed by atoms with E-state index in [1.807, 2.05) is 25.1 Å². The first-order valence-electron chi connectivity index (χ1n) is 8.39. The third-order valence-electron chi connectivity index (χ3n) is 3.59. The Morgan fingerprint density at radius 2 is 2.04 bits per heavy atom. The quantitative estimate of drug-likeness (QED) is 0.681. The molecular weight excluding hydrogens is 386 g/mol. The van der Waals surface area contributed by atoms with Crippen LogP contribution in [0.3, 0.4) is 0 Å². The van der Waals surface area contributed by atoms with Gasteiger partial charge < -0.3 is 14.8 Å². The summed E-state index contributed by atoms with van der Waals surface area (Å²) in [6, 6.07) is 5.79. The van der Waals surface area contributed by atoms with Crippen LogP contribution in [0.4, 0.5) is 5.69 Å². The van der Waals surface area contributed by atoms with Gasteiger partial charge in [0.15, 0.2) is 11.5 Å². The Balaban J connectivity index is 2.13. The lowest BCUT2D eigenvalue weighted by Crippen LogP contribution is -2.24. The van der Waals surface area contributed by atoms with Crippen molar-refractivity contribution in [3.05, 3.63) is 44.8 Å². The zero-order valence-electron chi connectivity index (χ0n) is 14.8. The topological polar surface area (TPSA) is 65.4 Å². The van der Waals surface area contributed by atoms with Gasteiger partial charge in [0.1, 0.15) is 4.47 Å². The molecule has 0 saturated heterocycles. The SMILES string of the molecule is CCCOc1cc(CNc2cnn(CCC)c(=O)c2Br)ccc1OC. The predicted octanol–water partition coefficient (Wildman–Crippen LogP) is 3.83. The molecule has 0 saturated carbocycles. The highest BCUT2D eigenvalue weighted by Gasteiger charge is 2.10. The number of ether oxygens (including phenoxy) is 2. The summed E-state index contributed by atoms with van der Waals surface area (Å²) in [6.45, 7) is 5.86. The number of nitrogens with one attached hydrogen (secondary N) is 1. The Bertz CT molecular complexity index is 762. The molecule has 2 rings (SSSR count). The van der Waals surface area contributed by atoms with Crippen molar-refractivity contribution in [1.82, 2.24) is 9.78 Å². The molecule has 1 N–H and O–H groups in total. The fourth-order valence-electron chi connectivity index (χ4n) is 2.31. The van der Waals surface area contributed by atoms with Crippen LogP contribution in [-0.2, 0) is 13.1 Å². The average Bonchev–Trinajstić information content (AvgIpc) is 2.63. The van der Waals surface area contributed by atoms with Gasteiger partial charge >= 0.3 is 0 Å². The number of hydrogen-bond donors (Lipinski definition) is 1. The number of anilines is 1. The molecule has 0 unspecified atom stereocenters. The van der Waals surface area contributed by atoms with E-state index in [2.05, 4.69) is 33.3 Å². The van der Waals surface area contributed by atoms with E-state index >= 15 is 0 Å². The van der Waals surface area contributed by atoms with E-state index in [1.165, 1.54) is 4.68 Å². The highest BCUT2D eigenvalue weighted by Crippen LogP contribution is 2.28. The fourth-order valence-corrected chi connectivity index (χ4v) is 2.76. The van der Waals surface area contributed by atoms with Crippen molar-refractivity contribution >= 4 is 21.6 Å². The number of hydrogen-bond acceptors (Lipinski definition) is 5. The Kier molecular flexibility index (Phi) is 7.31. The van der Waals surface area contributed by atoms with E-state index < -0.39 is 0 Å². The van der Waals surface area contributed by atoms with Crippen LogP contribution < -0.4 is 20.3 Å². The maximum Gasteiger partial charge on any atom is 0.283 e. The molecule has 0 bridgehead atoms. The minimum atomic E-state index is -0.131. The summed E-state index contributed by atoms with van der Waals surface area (Å²) in [7, 11) is 1.63. The summed E-state index contributed by atoms with van der Waals surface area (Å²) in [4.78, 5) is 12.2. The van der Waals surface area contributed by atoms with Crippen molar-refractivity contribution in [2.75, 3.05) is 19.0 Å². The number of nitrogens with zero attached hydrogens (tertiary/aromatic N) is 2. The van der Waals surface area contributed by atoms with Crippen LogP contribution in [0.5, 0.6) is 11.5 Å². The molecule has 2 aromatic rings. The summed E-state index contributed by atoms with van der Waals surface area (Å²) < 4.78 is 13.0. The minimum Gasteiger partial charge on any atom is -0.493 e. The van der Waals surface area contributed by atoms with Crippen LogP contribution in [-0.4, -0.2) is 23.5 Å². The van der Waals surface area contributed by atoms with E-state index in [1.54, 1.807) is 13.3 Å². The Hall–Kier alpha value is -2.02. The monoisotopic (exact) mass is 409 g/mol. The first kappa shape index (κ1) is 19.3. The zero-order valence-corrected chi connectivity index (χ0v) is 16.4. The summed E-state index contributed by atoms with van der Waals surface area (Å²) in [5.74, 6) is 1.43. The number of rotatable bonds is 9. The third-order valence-corrected chi connectivity index (χ3v) is 4.36. The summed E-state index contributed by atoms with van der Waals surface area (Å²) in [6.07, 6.45) is 3.45. The molecule has 0 amide bonds. The van der Waals surface area contributed by atoms with Crippen molar-refractivity contribution in [2.24, 2.45) is 0 Å². The lowest BCUT2D eigenvalue weighted by molar-refractivity contribution is 0.294. The zero-order chi connectivity index (χ0) is 18.2. The molecule has 0 fully saturated rings. The van der Waals surface area contributed by atoms with Gasteiger partial charge in [0.2, 0.25) is 0 Å². The van der Waals surface area contributed by atoms with Gasteiger partial charge in [-0.25, -0.2) is 4.68 Å². The first-order valence-corrected chi connectivity index (χ1v) is 9.19. The fraction of sp³-hybridized carbons (Fsp3) is 0.444.